The summed E-state index contributed by atoms with van der Waals surface area (Å²) in [5.41, 5.74) is 0. The molecule has 3 aromatic rings. The summed E-state index contributed by atoms with van der Waals surface area (Å²) in [5, 5.41) is 12.2. The Hall–Kier alpha value is -2.27. The number of hydrogen-bond acceptors (Lipinski definition) is 5. The van der Waals surface area contributed by atoms with Gasteiger partial charge in [-0.2, -0.15) is 0 Å². The maximum absolute atomic E-state index is 5.91. The molecule has 3 rings (SSSR count). The molecule has 0 unspecified atom stereocenters. The van der Waals surface area contributed by atoms with Gasteiger partial charge in [-0.25, -0.2) is 4.99 Å². The van der Waals surface area contributed by atoms with Gasteiger partial charge in [-0.3, -0.25) is 0 Å². The van der Waals surface area contributed by atoms with Crippen molar-refractivity contribution in [2.45, 2.75) is 26.4 Å². The van der Waals surface area contributed by atoms with E-state index in [0.29, 0.717) is 31.3 Å². The van der Waals surface area contributed by atoms with Gasteiger partial charge in [0.2, 0.25) is 0 Å². The van der Waals surface area contributed by atoms with Crippen molar-refractivity contribution in [3.05, 3.63) is 65.6 Å². The van der Waals surface area contributed by atoms with Crippen LogP contribution < -0.4 is 10.1 Å². The Bertz CT molecular complexity index is 914. The highest BCUT2D eigenvalue weighted by molar-refractivity contribution is 14.0. The Morgan fingerprint density at radius 2 is 2.10 bits per heavy atom. The van der Waals surface area contributed by atoms with Gasteiger partial charge in [0.15, 0.2) is 5.96 Å². The van der Waals surface area contributed by atoms with Crippen LogP contribution in [0.4, 0.5) is 0 Å². The highest BCUT2D eigenvalue weighted by Gasteiger charge is 2.08. The van der Waals surface area contributed by atoms with Gasteiger partial charge in [-0.1, -0.05) is 18.5 Å². The van der Waals surface area contributed by atoms with E-state index in [1.807, 2.05) is 52.9 Å². The standard InChI is InChI=1S/C21H27ClN6O2.HI/c1-3-20-26-25-16-28(20)11-10-23-21(24-15-19-5-4-13-29-19)27(2)12-14-30-18-8-6-17(22)7-9-18;/h4-9,13,16H,3,10-12,14-15H2,1-2H3,(H,23,24);1H. The van der Waals surface area contributed by atoms with Gasteiger partial charge >= 0.3 is 0 Å². The number of halogens is 2. The molecule has 8 nitrogen and oxygen atoms in total. The van der Waals surface area contributed by atoms with Crippen molar-refractivity contribution in [2.24, 2.45) is 4.99 Å². The number of ether oxygens (including phenoxy) is 1. The molecule has 0 spiro atoms. The molecule has 0 saturated carbocycles. The predicted octanol–water partition coefficient (Wildman–Crippen LogP) is 3.86. The first-order valence-electron chi connectivity index (χ1n) is 9.92. The molecule has 0 bridgehead atoms. The molecular weight excluding hydrogens is 531 g/mol. The van der Waals surface area contributed by atoms with E-state index in [1.165, 1.54) is 0 Å². The molecular formula is C21H28ClIN6O2. The number of hydrogen-bond donors (Lipinski definition) is 1. The van der Waals surface area contributed by atoms with Crippen molar-refractivity contribution in [3.63, 3.8) is 0 Å². The molecule has 0 radical (unpaired) electrons. The van der Waals surface area contributed by atoms with E-state index in [1.54, 1.807) is 12.6 Å². The molecule has 10 heteroatoms. The summed E-state index contributed by atoms with van der Waals surface area (Å²) in [6.07, 6.45) is 4.26. The Kier molecular flexibility index (Phi) is 10.6. The van der Waals surface area contributed by atoms with Crippen molar-refractivity contribution in [1.29, 1.82) is 0 Å². The lowest BCUT2D eigenvalue weighted by Gasteiger charge is -2.22. The van der Waals surface area contributed by atoms with E-state index in [4.69, 9.17) is 20.8 Å². The van der Waals surface area contributed by atoms with Gasteiger partial charge in [0.25, 0.3) is 0 Å². The van der Waals surface area contributed by atoms with Gasteiger partial charge in [-0.05, 0) is 36.4 Å². The Balaban J connectivity index is 0.00000341. The van der Waals surface area contributed by atoms with E-state index < -0.39 is 0 Å². The van der Waals surface area contributed by atoms with Crippen LogP contribution in [0.1, 0.15) is 18.5 Å². The zero-order valence-corrected chi connectivity index (χ0v) is 20.8. The number of guanidine groups is 1. The summed E-state index contributed by atoms with van der Waals surface area (Å²) in [6, 6.07) is 11.1. The molecule has 1 aromatic carbocycles. The smallest absolute Gasteiger partial charge is 0.194 e. The summed E-state index contributed by atoms with van der Waals surface area (Å²) >= 11 is 5.91. The van der Waals surface area contributed by atoms with Crippen LogP contribution in [0.2, 0.25) is 5.02 Å². The maximum Gasteiger partial charge on any atom is 0.194 e. The summed E-state index contributed by atoms with van der Waals surface area (Å²) in [4.78, 5) is 6.72. The fraction of sp³-hybridized carbons (Fsp3) is 0.381. The minimum Gasteiger partial charge on any atom is -0.492 e. The third-order valence-electron chi connectivity index (χ3n) is 4.48. The maximum atomic E-state index is 5.91. The fourth-order valence-corrected chi connectivity index (χ4v) is 2.96. The van der Waals surface area contributed by atoms with E-state index >= 15 is 0 Å². The van der Waals surface area contributed by atoms with Gasteiger partial charge in [0.05, 0.1) is 12.8 Å². The predicted molar refractivity (Wildman–Crippen MR) is 132 cm³/mol. The second kappa shape index (κ2) is 13.2. The van der Waals surface area contributed by atoms with Crippen LogP contribution in [0.25, 0.3) is 0 Å². The summed E-state index contributed by atoms with van der Waals surface area (Å²) < 4.78 is 13.2. The molecule has 0 aliphatic rings. The van der Waals surface area contributed by atoms with Crippen molar-refractivity contribution in [3.8, 4) is 5.75 Å². The number of aromatic nitrogens is 3. The quantitative estimate of drug-likeness (QED) is 0.231. The number of benzene rings is 1. The minimum absolute atomic E-state index is 0. The Morgan fingerprint density at radius 1 is 1.29 bits per heavy atom. The first kappa shape index (κ1) is 25.0. The Labute approximate surface area is 204 Å². The first-order chi connectivity index (χ1) is 14.7. The molecule has 2 aromatic heterocycles. The monoisotopic (exact) mass is 558 g/mol. The number of nitrogens with one attached hydrogen (secondary N) is 1. The number of aliphatic imine (C=N–C) groups is 1. The van der Waals surface area contributed by atoms with Crippen LogP contribution in [0, 0.1) is 0 Å². The summed E-state index contributed by atoms with van der Waals surface area (Å²) in [6.45, 7) is 5.17. The molecule has 0 fully saturated rings. The van der Waals surface area contributed by atoms with Crippen molar-refractivity contribution < 1.29 is 9.15 Å². The highest BCUT2D eigenvalue weighted by Crippen LogP contribution is 2.15. The number of furan rings is 1. The van der Waals surface area contributed by atoms with E-state index in [9.17, 15) is 0 Å². The van der Waals surface area contributed by atoms with Crippen LogP contribution in [-0.4, -0.2) is 52.4 Å². The van der Waals surface area contributed by atoms with Crippen molar-refractivity contribution in [1.82, 2.24) is 25.0 Å². The lowest BCUT2D eigenvalue weighted by molar-refractivity contribution is 0.281. The Morgan fingerprint density at radius 3 is 2.81 bits per heavy atom. The first-order valence-corrected chi connectivity index (χ1v) is 10.3. The zero-order chi connectivity index (χ0) is 21.2. The average Bonchev–Trinajstić information content (AvgIpc) is 3.43. The lowest BCUT2D eigenvalue weighted by Crippen LogP contribution is -2.42. The van der Waals surface area contributed by atoms with Crippen LogP contribution in [0.3, 0.4) is 0 Å². The third-order valence-corrected chi connectivity index (χ3v) is 4.74. The molecule has 2 heterocycles. The molecule has 0 amide bonds. The lowest BCUT2D eigenvalue weighted by atomic mass is 10.3. The molecule has 0 aliphatic heterocycles. The second-order valence-electron chi connectivity index (χ2n) is 6.66. The zero-order valence-electron chi connectivity index (χ0n) is 17.7. The SMILES string of the molecule is CCc1nncn1CCNC(=NCc1ccco1)N(C)CCOc1ccc(Cl)cc1.I. The largest absolute Gasteiger partial charge is 0.492 e. The second-order valence-corrected chi connectivity index (χ2v) is 7.10. The summed E-state index contributed by atoms with van der Waals surface area (Å²) in [5.74, 6) is 3.34. The highest BCUT2D eigenvalue weighted by atomic mass is 127. The number of aryl methyl sites for hydroxylation is 1. The van der Waals surface area contributed by atoms with Crippen LogP contribution in [0.5, 0.6) is 5.75 Å². The van der Waals surface area contributed by atoms with Gasteiger partial charge in [0, 0.05) is 31.6 Å². The van der Waals surface area contributed by atoms with Crippen LogP contribution in [-0.2, 0) is 19.5 Å². The fourth-order valence-electron chi connectivity index (χ4n) is 2.83. The molecule has 0 aliphatic carbocycles. The molecule has 168 valence electrons. The van der Waals surface area contributed by atoms with Gasteiger partial charge in [-0.15, -0.1) is 34.2 Å². The number of nitrogens with zero attached hydrogens (tertiary/aromatic N) is 5. The average molecular weight is 559 g/mol. The summed E-state index contributed by atoms with van der Waals surface area (Å²) in [7, 11) is 1.98. The molecule has 0 saturated heterocycles. The third kappa shape index (κ3) is 8.06. The number of likely N-dealkylation sites (N-methyl/N-ethyl adjacent to an activating group) is 1. The van der Waals surface area contributed by atoms with Gasteiger partial charge < -0.3 is 23.9 Å². The van der Waals surface area contributed by atoms with Gasteiger partial charge in [0.1, 0.15) is 36.8 Å². The van der Waals surface area contributed by atoms with Crippen LogP contribution >= 0.6 is 35.6 Å². The normalized spacial score (nSPS) is 11.1. The van der Waals surface area contributed by atoms with Crippen LogP contribution in [0.15, 0.2) is 58.4 Å². The molecule has 31 heavy (non-hydrogen) atoms. The van der Waals surface area contributed by atoms with E-state index in [-0.39, 0.29) is 24.0 Å². The van der Waals surface area contributed by atoms with Crippen molar-refractivity contribution >= 4 is 41.5 Å². The van der Waals surface area contributed by atoms with E-state index in [2.05, 4.69) is 27.4 Å². The molecule has 1 N–H and O–H groups in total. The molecule has 0 atom stereocenters. The van der Waals surface area contributed by atoms with Crippen molar-refractivity contribution in [2.75, 3.05) is 26.7 Å². The van der Waals surface area contributed by atoms with E-state index in [0.717, 1.165) is 36.3 Å². The topological polar surface area (TPSA) is 80.7 Å². The number of rotatable bonds is 10. The minimum atomic E-state index is 0.